The molecule has 0 saturated heterocycles. The Kier molecular flexibility index (Phi) is 9.68. The zero-order valence-corrected chi connectivity index (χ0v) is 19.4. The topological polar surface area (TPSA) is 26.0 Å². The molecular formula is C25H51N. The summed E-state index contributed by atoms with van der Waals surface area (Å²) >= 11 is 0. The Morgan fingerprint density at radius 1 is 0.962 bits per heavy atom. The first-order chi connectivity index (χ1) is 12.3. The van der Waals surface area contributed by atoms with Gasteiger partial charge < -0.3 is 5.73 Å². The van der Waals surface area contributed by atoms with Crippen molar-refractivity contribution in [2.45, 2.75) is 126 Å². The fraction of sp³-hybridized carbons (Fsp3) is 1.00. The van der Waals surface area contributed by atoms with Crippen LogP contribution in [-0.4, -0.2) is 6.54 Å². The molecule has 1 aliphatic carbocycles. The van der Waals surface area contributed by atoms with Crippen LogP contribution >= 0.6 is 0 Å². The SMILES string of the molecule is CCCC1CC(CCN)(CC(C)CC)C(CC)(CC)CCCC1(C)CC. The summed E-state index contributed by atoms with van der Waals surface area (Å²) in [7, 11) is 0. The van der Waals surface area contributed by atoms with Gasteiger partial charge >= 0.3 is 0 Å². The van der Waals surface area contributed by atoms with E-state index >= 15 is 0 Å². The van der Waals surface area contributed by atoms with Crippen LogP contribution in [0.4, 0.5) is 0 Å². The third-order valence-electron chi connectivity index (χ3n) is 9.01. The molecule has 1 saturated carbocycles. The van der Waals surface area contributed by atoms with Crippen molar-refractivity contribution in [3.05, 3.63) is 0 Å². The molecule has 156 valence electrons. The molecule has 1 nitrogen and oxygen atoms in total. The Balaban J connectivity index is 3.46. The van der Waals surface area contributed by atoms with Gasteiger partial charge in [-0.3, -0.25) is 0 Å². The maximum absolute atomic E-state index is 6.30. The Morgan fingerprint density at radius 3 is 2.08 bits per heavy atom. The van der Waals surface area contributed by atoms with Gasteiger partial charge in [-0.05, 0) is 79.6 Å². The van der Waals surface area contributed by atoms with Gasteiger partial charge in [-0.25, -0.2) is 0 Å². The van der Waals surface area contributed by atoms with Crippen molar-refractivity contribution in [2.24, 2.45) is 33.8 Å². The maximum Gasteiger partial charge on any atom is -0.00718 e. The van der Waals surface area contributed by atoms with Crippen LogP contribution in [0, 0.1) is 28.1 Å². The minimum atomic E-state index is 0.442. The van der Waals surface area contributed by atoms with E-state index in [1.54, 1.807) is 0 Å². The number of hydrogen-bond donors (Lipinski definition) is 1. The Morgan fingerprint density at radius 2 is 1.62 bits per heavy atom. The van der Waals surface area contributed by atoms with Gasteiger partial charge in [-0.15, -0.1) is 0 Å². The van der Waals surface area contributed by atoms with Crippen LogP contribution in [0.5, 0.6) is 0 Å². The lowest BCUT2D eigenvalue weighted by molar-refractivity contribution is -0.0724. The van der Waals surface area contributed by atoms with Crippen LogP contribution < -0.4 is 5.73 Å². The van der Waals surface area contributed by atoms with Crippen molar-refractivity contribution in [3.8, 4) is 0 Å². The number of hydrogen-bond acceptors (Lipinski definition) is 1. The number of nitrogens with two attached hydrogens (primary N) is 1. The van der Waals surface area contributed by atoms with E-state index in [-0.39, 0.29) is 0 Å². The van der Waals surface area contributed by atoms with E-state index in [0.717, 1.165) is 18.4 Å². The van der Waals surface area contributed by atoms with Crippen LogP contribution in [0.15, 0.2) is 0 Å². The minimum absolute atomic E-state index is 0.442. The molecule has 26 heavy (non-hydrogen) atoms. The molecule has 0 spiro atoms. The fourth-order valence-electron chi connectivity index (χ4n) is 6.71. The van der Waals surface area contributed by atoms with Crippen molar-refractivity contribution in [1.29, 1.82) is 0 Å². The second-order valence-electron chi connectivity index (χ2n) is 10.1. The molecule has 0 aromatic heterocycles. The van der Waals surface area contributed by atoms with Gasteiger partial charge in [0, 0.05) is 0 Å². The second kappa shape index (κ2) is 10.5. The van der Waals surface area contributed by atoms with Crippen molar-refractivity contribution < 1.29 is 0 Å². The van der Waals surface area contributed by atoms with Crippen LogP contribution in [0.25, 0.3) is 0 Å². The molecule has 0 aliphatic heterocycles. The highest BCUT2D eigenvalue weighted by Gasteiger charge is 2.52. The molecule has 4 unspecified atom stereocenters. The molecule has 2 N–H and O–H groups in total. The molecule has 0 aromatic rings. The fourth-order valence-corrected chi connectivity index (χ4v) is 6.71. The van der Waals surface area contributed by atoms with Crippen molar-refractivity contribution in [1.82, 2.24) is 0 Å². The highest BCUT2D eigenvalue weighted by molar-refractivity contribution is 5.02. The summed E-state index contributed by atoms with van der Waals surface area (Å²) in [6.07, 6.45) is 16.4. The van der Waals surface area contributed by atoms with Crippen LogP contribution in [-0.2, 0) is 0 Å². The smallest absolute Gasteiger partial charge is 0.00718 e. The van der Waals surface area contributed by atoms with E-state index in [4.69, 9.17) is 5.73 Å². The molecule has 0 aromatic carbocycles. The van der Waals surface area contributed by atoms with Crippen LogP contribution in [0.3, 0.4) is 0 Å². The van der Waals surface area contributed by atoms with Gasteiger partial charge in [-0.2, -0.15) is 0 Å². The molecule has 1 heteroatoms. The lowest BCUT2D eigenvalue weighted by atomic mass is 9.47. The van der Waals surface area contributed by atoms with Gasteiger partial charge in [-0.1, -0.05) is 80.6 Å². The summed E-state index contributed by atoms with van der Waals surface area (Å²) < 4.78 is 0. The van der Waals surface area contributed by atoms with Gasteiger partial charge in [0.25, 0.3) is 0 Å². The quantitative estimate of drug-likeness (QED) is 0.417. The van der Waals surface area contributed by atoms with E-state index in [9.17, 15) is 0 Å². The van der Waals surface area contributed by atoms with Gasteiger partial charge in [0.2, 0.25) is 0 Å². The largest absolute Gasteiger partial charge is 0.330 e. The Bertz CT molecular complexity index is 386. The van der Waals surface area contributed by atoms with Crippen molar-refractivity contribution >= 4 is 0 Å². The summed E-state index contributed by atoms with van der Waals surface area (Å²) in [6.45, 7) is 18.1. The summed E-state index contributed by atoms with van der Waals surface area (Å²) in [4.78, 5) is 0. The monoisotopic (exact) mass is 365 g/mol. The molecule has 0 amide bonds. The first kappa shape index (κ1) is 24.0. The summed E-state index contributed by atoms with van der Waals surface area (Å²) in [5, 5.41) is 0. The van der Waals surface area contributed by atoms with Gasteiger partial charge in [0.15, 0.2) is 0 Å². The predicted molar refractivity (Wildman–Crippen MR) is 118 cm³/mol. The molecule has 1 rings (SSSR count). The zero-order valence-electron chi connectivity index (χ0n) is 19.4. The van der Waals surface area contributed by atoms with Crippen LogP contribution in [0.1, 0.15) is 126 Å². The Labute approximate surface area is 166 Å². The van der Waals surface area contributed by atoms with E-state index < -0.39 is 0 Å². The lowest BCUT2D eigenvalue weighted by Crippen LogP contribution is -2.48. The standard InChI is InChI=1S/C25H51N/c1-8-14-22-20-25(17-18-26,19-21(6)9-2)24(11-4,12-5)16-13-15-23(22,7)10-3/h21-22H,8-20,26H2,1-7H3. The van der Waals surface area contributed by atoms with E-state index in [1.165, 1.54) is 77.0 Å². The first-order valence-corrected chi connectivity index (χ1v) is 12.0. The normalized spacial score (nSPS) is 33.5. The molecule has 0 radical (unpaired) electrons. The zero-order chi connectivity index (χ0) is 19.8. The van der Waals surface area contributed by atoms with Crippen molar-refractivity contribution in [3.63, 3.8) is 0 Å². The Hall–Kier alpha value is -0.0400. The van der Waals surface area contributed by atoms with E-state index in [2.05, 4.69) is 48.5 Å². The van der Waals surface area contributed by atoms with Crippen LogP contribution in [0.2, 0.25) is 0 Å². The third kappa shape index (κ3) is 4.86. The molecule has 1 aliphatic rings. The third-order valence-corrected chi connectivity index (χ3v) is 9.01. The summed E-state index contributed by atoms with van der Waals surface area (Å²) in [6, 6.07) is 0. The molecule has 0 bridgehead atoms. The van der Waals surface area contributed by atoms with E-state index in [0.29, 0.717) is 16.2 Å². The lowest BCUT2D eigenvalue weighted by Gasteiger charge is -2.57. The average Bonchev–Trinajstić information content (AvgIpc) is 2.64. The maximum atomic E-state index is 6.30. The number of rotatable bonds is 10. The summed E-state index contributed by atoms with van der Waals surface area (Å²) in [5.41, 5.74) is 7.77. The second-order valence-corrected chi connectivity index (χ2v) is 10.1. The first-order valence-electron chi connectivity index (χ1n) is 12.0. The molecule has 4 atom stereocenters. The van der Waals surface area contributed by atoms with Gasteiger partial charge in [0.05, 0.1) is 0 Å². The highest BCUT2D eigenvalue weighted by atomic mass is 14.6. The van der Waals surface area contributed by atoms with E-state index in [1.807, 2.05) is 0 Å². The highest BCUT2D eigenvalue weighted by Crippen LogP contribution is 2.62. The minimum Gasteiger partial charge on any atom is -0.330 e. The molecule has 1 fully saturated rings. The van der Waals surface area contributed by atoms with Gasteiger partial charge in [0.1, 0.15) is 0 Å². The molecular weight excluding hydrogens is 314 g/mol. The summed E-state index contributed by atoms with van der Waals surface area (Å²) in [5.74, 6) is 1.68. The predicted octanol–water partition coefficient (Wildman–Crippen LogP) is 7.97. The van der Waals surface area contributed by atoms with Crippen molar-refractivity contribution in [2.75, 3.05) is 6.54 Å². The molecule has 0 heterocycles. The average molecular weight is 366 g/mol.